The van der Waals surface area contributed by atoms with E-state index in [9.17, 15) is 9.59 Å². The number of methoxy groups -OCH3 is 1. The quantitative estimate of drug-likeness (QED) is 0.112. The number of likely N-dealkylation sites (tertiary alicyclic amines) is 1. The summed E-state index contributed by atoms with van der Waals surface area (Å²) in [7, 11) is 5.59. The number of carbonyl (C=O) groups excluding carboxylic acids is 2. The summed E-state index contributed by atoms with van der Waals surface area (Å²) >= 11 is 0. The number of aromatic nitrogens is 2. The molecule has 2 heterocycles. The zero-order valence-corrected chi connectivity index (χ0v) is 27.4. The van der Waals surface area contributed by atoms with E-state index in [1.54, 1.807) is 13.2 Å². The summed E-state index contributed by atoms with van der Waals surface area (Å²) in [6.07, 6.45) is 6.96. The van der Waals surface area contributed by atoms with Crippen molar-refractivity contribution in [3.8, 4) is 11.5 Å². The third kappa shape index (κ3) is 10.9. The number of amides is 2. The van der Waals surface area contributed by atoms with Gasteiger partial charge in [-0.15, -0.1) is 0 Å². The van der Waals surface area contributed by atoms with Gasteiger partial charge in [-0.3, -0.25) is 14.5 Å². The highest BCUT2D eigenvalue weighted by molar-refractivity contribution is 5.83. The van der Waals surface area contributed by atoms with Crippen LogP contribution in [0.4, 0.5) is 23.0 Å². The minimum absolute atomic E-state index is 0.220. The predicted molar refractivity (Wildman–Crippen MR) is 181 cm³/mol. The zero-order chi connectivity index (χ0) is 32.7. The lowest BCUT2D eigenvalue weighted by Crippen LogP contribution is -2.44. The molecule has 4 rings (SSSR count). The number of anilines is 4. The van der Waals surface area contributed by atoms with Gasteiger partial charge in [-0.2, -0.15) is 0 Å². The monoisotopic (exact) mass is 632 g/mol. The van der Waals surface area contributed by atoms with E-state index in [0.717, 1.165) is 43.9 Å². The molecule has 248 valence electrons. The van der Waals surface area contributed by atoms with Gasteiger partial charge >= 0.3 is 0 Å². The molecule has 1 saturated heterocycles. The van der Waals surface area contributed by atoms with Crippen LogP contribution in [0, 0.1) is 0 Å². The van der Waals surface area contributed by atoms with Gasteiger partial charge in [0.1, 0.15) is 30.6 Å². The molecule has 2 amide bonds. The van der Waals surface area contributed by atoms with Crippen LogP contribution < -0.4 is 30.7 Å². The standard InChI is InChI=1S/C34H48N8O4/c1-25-9-8-17-42(25)22-26-10-7-11-27(19-26)39-32-21-33(37-23-36-32)40-28-13-14-30(45-4)31(20-28)46-18-15-35-34(44)29(38-24-43)12-5-6-16-41(2)3/h7,10-11,13-14,19-21,23-25,29H,5-6,8-9,12,15-18,22H2,1-4H3,(H,35,44)(H,38,43)(H2,36,37,39,40)/t25-,29+/m1/s1. The lowest BCUT2D eigenvalue weighted by atomic mass is 10.1. The Kier molecular flexibility index (Phi) is 13.4. The number of nitrogens with one attached hydrogen (secondary N) is 4. The van der Waals surface area contributed by atoms with Gasteiger partial charge in [-0.1, -0.05) is 12.1 Å². The molecule has 4 N–H and O–H groups in total. The van der Waals surface area contributed by atoms with Crippen molar-refractivity contribution >= 4 is 35.3 Å². The van der Waals surface area contributed by atoms with Gasteiger partial charge in [0, 0.05) is 36.1 Å². The van der Waals surface area contributed by atoms with Crippen molar-refractivity contribution in [1.29, 1.82) is 0 Å². The molecule has 12 nitrogen and oxygen atoms in total. The van der Waals surface area contributed by atoms with Gasteiger partial charge in [0.2, 0.25) is 12.3 Å². The van der Waals surface area contributed by atoms with Crippen molar-refractivity contribution in [3.63, 3.8) is 0 Å². The molecule has 3 aromatic rings. The molecule has 0 spiro atoms. The van der Waals surface area contributed by atoms with E-state index in [-0.39, 0.29) is 19.1 Å². The first kappa shape index (κ1) is 34.5. The molecule has 1 aliphatic heterocycles. The number of hydrogen-bond donors (Lipinski definition) is 4. The van der Waals surface area contributed by atoms with E-state index < -0.39 is 6.04 Å². The Morgan fingerprint density at radius 2 is 1.85 bits per heavy atom. The van der Waals surface area contributed by atoms with Crippen molar-refractivity contribution in [1.82, 2.24) is 30.4 Å². The van der Waals surface area contributed by atoms with Gasteiger partial charge < -0.3 is 35.6 Å². The van der Waals surface area contributed by atoms with Gasteiger partial charge in [0.15, 0.2) is 11.5 Å². The third-order valence-electron chi connectivity index (χ3n) is 7.97. The van der Waals surface area contributed by atoms with Crippen molar-refractivity contribution < 1.29 is 19.1 Å². The molecule has 1 aromatic heterocycles. The topological polar surface area (TPSA) is 133 Å². The van der Waals surface area contributed by atoms with Gasteiger partial charge in [0.25, 0.3) is 0 Å². The zero-order valence-electron chi connectivity index (χ0n) is 27.4. The van der Waals surface area contributed by atoms with E-state index in [2.05, 4.69) is 66.2 Å². The molecular weight excluding hydrogens is 584 g/mol. The summed E-state index contributed by atoms with van der Waals surface area (Å²) in [6, 6.07) is 15.8. The van der Waals surface area contributed by atoms with E-state index >= 15 is 0 Å². The Hall–Kier alpha value is -4.42. The van der Waals surface area contributed by atoms with Crippen molar-refractivity contribution in [3.05, 3.63) is 60.4 Å². The first-order valence-electron chi connectivity index (χ1n) is 16.0. The SMILES string of the molecule is COc1ccc(Nc2cc(Nc3cccc(CN4CCC[C@H]4C)c3)ncn2)cc1OCCNC(=O)[C@H](CCCCN(C)C)NC=O. The first-order chi connectivity index (χ1) is 22.3. The number of carbonyl (C=O) groups is 2. The number of unbranched alkanes of at least 4 members (excludes halogenated alkanes) is 1. The van der Waals surface area contributed by atoms with Crippen LogP contribution in [0.1, 0.15) is 44.6 Å². The highest BCUT2D eigenvalue weighted by Crippen LogP contribution is 2.31. The average molecular weight is 633 g/mol. The minimum atomic E-state index is -0.573. The normalized spacial score (nSPS) is 15.3. The molecule has 2 atom stereocenters. The van der Waals surface area contributed by atoms with Crippen molar-refractivity contribution in [2.24, 2.45) is 0 Å². The molecule has 0 saturated carbocycles. The van der Waals surface area contributed by atoms with Gasteiger partial charge in [-0.05, 0) is 96.0 Å². The maximum atomic E-state index is 12.6. The maximum absolute atomic E-state index is 12.6. The van der Waals surface area contributed by atoms with Crippen molar-refractivity contribution in [2.75, 3.05) is 58.1 Å². The molecule has 0 aliphatic carbocycles. The van der Waals surface area contributed by atoms with E-state index in [1.807, 2.05) is 38.4 Å². The molecule has 1 fully saturated rings. The fourth-order valence-electron chi connectivity index (χ4n) is 5.47. The number of benzene rings is 2. The lowest BCUT2D eigenvalue weighted by molar-refractivity contribution is -0.125. The lowest BCUT2D eigenvalue weighted by Gasteiger charge is -2.21. The smallest absolute Gasteiger partial charge is 0.242 e. The Morgan fingerprint density at radius 3 is 2.54 bits per heavy atom. The van der Waals surface area contributed by atoms with Crippen LogP contribution in [-0.2, 0) is 16.1 Å². The minimum Gasteiger partial charge on any atom is -0.493 e. The summed E-state index contributed by atoms with van der Waals surface area (Å²) < 4.78 is 11.4. The summed E-state index contributed by atoms with van der Waals surface area (Å²) in [5.41, 5.74) is 2.99. The number of nitrogens with zero attached hydrogens (tertiary/aromatic N) is 4. The van der Waals surface area contributed by atoms with Gasteiger partial charge in [0.05, 0.1) is 13.7 Å². The number of rotatable bonds is 19. The summed E-state index contributed by atoms with van der Waals surface area (Å²) in [5.74, 6) is 2.13. The Balaban J connectivity index is 1.30. The van der Waals surface area contributed by atoms with Crippen LogP contribution in [0.5, 0.6) is 11.5 Å². The Labute approximate surface area is 272 Å². The van der Waals surface area contributed by atoms with Gasteiger partial charge in [-0.25, -0.2) is 9.97 Å². The maximum Gasteiger partial charge on any atom is 0.242 e. The van der Waals surface area contributed by atoms with Crippen LogP contribution in [0.25, 0.3) is 0 Å². The molecule has 46 heavy (non-hydrogen) atoms. The largest absolute Gasteiger partial charge is 0.493 e. The summed E-state index contributed by atoms with van der Waals surface area (Å²) in [6.45, 7) is 5.80. The van der Waals surface area contributed by atoms with Crippen LogP contribution in [-0.4, -0.2) is 91.6 Å². The Bertz CT molecular complexity index is 1410. The van der Waals surface area contributed by atoms with E-state index in [0.29, 0.717) is 42.0 Å². The second-order valence-corrected chi connectivity index (χ2v) is 11.8. The fraction of sp³-hybridized carbons (Fsp3) is 0.471. The van der Waals surface area contributed by atoms with Crippen LogP contribution in [0.2, 0.25) is 0 Å². The van der Waals surface area contributed by atoms with E-state index in [4.69, 9.17) is 9.47 Å². The Morgan fingerprint density at radius 1 is 1.07 bits per heavy atom. The van der Waals surface area contributed by atoms with Crippen LogP contribution in [0.15, 0.2) is 54.9 Å². The first-order valence-corrected chi connectivity index (χ1v) is 16.0. The molecule has 0 unspecified atom stereocenters. The van der Waals surface area contributed by atoms with Crippen LogP contribution >= 0.6 is 0 Å². The molecule has 0 bridgehead atoms. The molecule has 0 radical (unpaired) electrons. The number of ether oxygens (including phenoxy) is 2. The van der Waals surface area contributed by atoms with Crippen LogP contribution in [0.3, 0.4) is 0 Å². The van der Waals surface area contributed by atoms with E-state index in [1.165, 1.54) is 24.7 Å². The molecule has 12 heteroatoms. The third-order valence-corrected chi connectivity index (χ3v) is 7.97. The molecular formula is C34H48N8O4. The molecule has 1 aliphatic rings. The summed E-state index contributed by atoms with van der Waals surface area (Å²) in [4.78, 5) is 37.1. The summed E-state index contributed by atoms with van der Waals surface area (Å²) in [5, 5.41) is 12.2. The van der Waals surface area contributed by atoms with Crippen molar-refractivity contribution in [2.45, 2.75) is 57.7 Å². The molecule has 2 aromatic carbocycles. The number of hydrogen-bond acceptors (Lipinski definition) is 10. The second kappa shape index (κ2) is 17.9. The second-order valence-electron chi connectivity index (χ2n) is 11.8. The average Bonchev–Trinajstić information content (AvgIpc) is 3.44. The predicted octanol–water partition coefficient (Wildman–Crippen LogP) is 4.30. The highest BCUT2D eigenvalue weighted by atomic mass is 16.5. The fourth-order valence-corrected chi connectivity index (χ4v) is 5.47. The highest BCUT2D eigenvalue weighted by Gasteiger charge is 2.20.